The van der Waals surface area contributed by atoms with Crippen molar-refractivity contribution in [3.05, 3.63) is 0 Å². The van der Waals surface area contributed by atoms with Crippen molar-refractivity contribution in [1.82, 2.24) is 0 Å². The quantitative estimate of drug-likeness (QED) is 0.660. The molecule has 3 aliphatic carbocycles. The third-order valence-electron chi connectivity index (χ3n) is 6.05. The van der Waals surface area contributed by atoms with Crippen molar-refractivity contribution in [1.29, 1.82) is 0 Å². The fourth-order valence-electron chi connectivity index (χ4n) is 5.42. The zero-order chi connectivity index (χ0) is 11.7. The van der Waals surface area contributed by atoms with E-state index in [1.165, 1.54) is 12.8 Å². The van der Waals surface area contributed by atoms with Gasteiger partial charge < -0.3 is 0 Å². The van der Waals surface area contributed by atoms with Gasteiger partial charge in [-0.05, 0) is 48.3 Å². The highest BCUT2D eigenvalue weighted by molar-refractivity contribution is 5.92. The van der Waals surface area contributed by atoms with Gasteiger partial charge in [-0.15, -0.1) is 0 Å². The van der Waals surface area contributed by atoms with E-state index in [1.54, 1.807) is 0 Å². The Kier molecular flexibility index (Phi) is 2.10. The SMILES string of the molecule is CC(C)[C@H]1CC[C@H](C)C23C(=O)CC(C)[C@H]2[C@H]13. The molecule has 1 spiro atoms. The van der Waals surface area contributed by atoms with Crippen LogP contribution in [0.15, 0.2) is 0 Å². The van der Waals surface area contributed by atoms with Gasteiger partial charge in [0.15, 0.2) is 0 Å². The van der Waals surface area contributed by atoms with Crippen molar-refractivity contribution in [3.63, 3.8) is 0 Å². The van der Waals surface area contributed by atoms with Gasteiger partial charge in [0, 0.05) is 11.8 Å². The highest BCUT2D eigenvalue weighted by Gasteiger charge is 2.78. The molecule has 0 aliphatic heterocycles. The van der Waals surface area contributed by atoms with Gasteiger partial charge in [0.25, 0.3) is 0 Å². The summed E-state index contributed by atoms with van der Waals surface area (Å²) in [5.41, 5.74) is 0.159. The summed E-state index contributed by atoms with van der Waals surface area (Å²) in [6, 6.07) is 0. The van der Waals surface area contributed by atoms with Crippen LogP contribution in [0.1, 0.15) is 47.0 Å². The molecule has 0 aromatic carbocycles. The highest BCUT2D eigenvalue weighted by Crippen LogP contribution is 2.77. The number of ketones is 1. The number of hydrogen-bond acceptors (Lipinski definition) is 1. The summed E-state index contributed by atoms with van der Waals surface area (Å²) in [4.78, 5) is 12.4. The van der Waals surface area contributed by atoms with E-state index in [-0.39, 0.29) is 5.41 Å². The van der Waals surface area contributed by atoms with Crippen molar-refractivity contribution >= 4 is 5.78 Å². The maximum atomic E-state index is 12.4. The Labute approximate surface area is 99.0 Å². The van der Waals surface area contributed by atoms with Gasteiger partial charge in [0.2, 0.25) is 0 Å². The number of hydrogen-bond donors (Lipinski definition) is 0. The van der Waals surface area contributed by atoms with E-state index in [9.17, 15) is 4.79 Å². The smallest absolute Gasteiger partial charge is 0.140 e. The molecule has 1 heteroatoms. The van der Waals surface area contributed by atoms with Crippen LogP contribution in [-0.2, 0) is 4.79 Å². The van der Waals surface area contributed by atoms with Gasteiger partial charge in [-0.1, -0.05) is 27.7 Å². The zero-order valence-electron chi connectivity index (χ0n) is 11.0. The highest BCUT2D eigenvalue weighted by atomic mass is 16.1. The summed E-state index contributed by atoms with van der Waals surface area (Å²) in [6.07, 6.45) is 3.52. The van der Waals surface area contributed by atoms with Crippen molar-refractivity contribution in [3.8, 4) is 0 Å². The largest absolute Gasteiger partial charge is 0.299 e. The molecule has 3 rings (SSSR count). The molecule has 3 fully saturated rings. The number of Topliss-reactive ketones (excluding diaryl/α,β-unsaturated/α-hetero) is 1. The van der Waals surface area contributed by atoms with Crippen LogP contribution < -0.4 is 0 Å². The zero-order valence-corrected chi connectivity index (χ0v) is 11.0. The number of carbonyl (C=O) groups excluding carboxylic acids is 1. The van der Waals surface area contributed by atoms with Gasteiger partial charge in [0.1, 0.15) is 5.78 Å². The van der Waals surface area contributed by atoms with Gasteiger partial charge in [-0.2, -0.15) is 0 Å². The minimum atomic E-state index is 0.159. The van der Waals surface area contributed by atoms with Crippen LogP contribution in [0.5, 0.6) is 0 Å². The predicted octanol–water partition coefficient (Wildman–Crippen LogP) is 3.53. The van der Waals surface area contributed by atoms with E-state index in [0.29, 0.717) is 17.6 Å². The Morgan fingerprint density at radius 3 is 2.50 bits per heavy atom. The fourth-order valence-corrected chi connectivity index (χ4v) is 5.42. The van der Waals surface area contributed by atoms with E-state index >= 15 is 0 Å². The lowest BCUT2D eigenvalue weighted by Gasteiger charge is -2.34. The molecule has 90 valence electrons. The average Bonchev–Trinajstić information content (AvgIpc) is 2.82. The first-order chi connectivity index (χ1) is 7.51. The lowest BCUT2D eigenvalue weighted by Crippen LogP contribution is -2.33. The molecule has 0 amide bonds. The topological polar surface area (TPSA) is 17.1 Å². The van der Waals surface area contributed by atoms with Crippen molar-refractivity contribution in [2.75, 3.05) is 0 Å². The summed E-state index contributed by atoms with van der Waals surface area (Å²) in [5, 5.41) is 0. The maximum absolute atomic E-state index is 12.4. The van der Waals surface area contributed by atoms with Crippen LogP contribution in [0.2, 0.25) is 0 Å². The van der Waals surface area contributed by atoms with Crippen LogP contribution in [-0.4, -0.2) is 5.78 Å². The second-order valence-electron chi connectivity index (χ2n) is 6.98. The molecular weight excluding hydrogens is 196 g/mol. The molecule has 2 unspecified atom stereocenters. The van der Waals surface area contributed by atoms with Gasteiger partial charge in [-0.3, -0.25) is 4.79 Å². The maximum Gasteiger partial charge on any atom is 0.140 e. The normalized spacial score (nSPS) is 55.1. The molecule has 0 aromatic rings. The van der Waals surface area contributed by atoms with Crippen molar-refractivity contribution in [2.45, 2.75) is 47.0 Å². The van der Waals surface area contributed by atoms with Crippen LogP contribution in [0.3, 0.4) is 0 Å². The molecule has 1 nitrogen and oxygen atoms in total. The Balaban J connectivity index is 1.96. The van der Waals surface area contributed by atoms with Gasteiger partial charge in [-0.25, -0.2) is 0 Å². The first-order valence-corrected chi connectivity index (χ1v) is 7.04. The van der Waals surface area contributed by atoms with Crippen LogP contribution >= 0.6 is 0 Å². The van der Waals surface area contributed by atoms with Crippen LogP contribution in [0.25, 0.3) is 0 Å². The Morgan fingerprint density at radius 2 is 1.88 bits per heavy atom. The molecule has 0 radical (unpaired) electrons. The Hall–Kier alpha value is -0.330. The van der Waals surface area contributed by atoms with Crippen molar-refractivity contribution < 1.29 is 4.79 Å². The Bertz CT molecular complexity index is 332. The van der Waals surface area contributed by atoms with E-state index < -0.39 is 0 Å². The van der Waals surface area contributed by atoms with Crippen molar-refractivity contribution in [2.24, 2.45) is 40.9 Å². The second kappa shape index (κ2) is 3.11. The summed E-state index contributed by atoms with van der Waals surface area (Å²) >= 11 is 0. The summed E-state index contributed by atoms with van der Waals surface area (Å²) in [7, 11) is 0. The van der Waals surface area contributed by atoms with Gasteiger partial charge >= 0.3 is 0 Å². The van der Waals surface area contributed by atoms with Crippen LogP contribution in [0.4, 0.5) is 0 Å². The predicted molar refractivity (Wildman–Crippen MR) is 64.9 cm³/mol. The molecule has 0 bridgehead atoms. The molecule has 3 saturated carbocycles. The lowest BCUT2D eigenvalue weighted by molar-refractivity contribution is -0.127. The summed E-state index contributed by atoms with van der Waals surface area (Å²) < 4.78 is 0. The number of rotatable bonds is 1. The average molecular weight is 220 g/mol. The lowest BCUT2D eigenvalue weighted by atomic mass is 9.69. The first kappa shape index (κ1) is 10.8. The molecular formula is C15H24O. The monoisotopic (exact) mass is 220 g/mol. The van der Waals surface area contributed by atoms with E-state index in [2.05, 4.69) is 27.7 Å². The van der Waals surface area contributed by atoms with E-state index in [4.69, 9.17) is 0 Å². The van der Waals surface area contributed by atoms with Gasteiger partial charge in [0.05, 0.1) is 0 Å². The van der Waals surface area contributed by atoms with E-state index in [1.807, 2.05) is 0 Å². The minimum Gasteiger partial charge on any atom is -0.299 e. The number of carbonyl (C=O) groups is 1. The molecule has 6 atom stereocenters. The molecule has 0 N–H and O–H groups in total. The summed E-state index contributed by atoms with van der Waals surface area (Å²) in [6.45, 7) is 9.33. The molecule has 0 heterocycles. The van der Waals surface area contributed by atoms with Crippen LogP contribution in [0, 0.1) is 40.9 Å². The second-order valence-corrected chi connectivity index (χ2v) is 6.98. The molecule has 16 heavy (non-hydrogen) atoms. The Morgan fingerprint density at radius 1 is 1.19 bits per heavy atom. The third-order valence-corrected chi connectivity index (χ3v) is 6.05. The fraction of sp³-hybridized carbons (Fsp3) is 0.933. The first-order valence-electron chi connectivity index (χ1n) is 7.04. The number of fused-ring (bicyclic) bond motifs is 1. The molecule has 3 aliphatic rings. The van der Waals surface area contributed by atoms with E-state index in [0.717, 1.165) is 30.1 Å². The molecule has 0 saturated heterocycles. The standard InChI is InChI=1S/C15H24O/c1-8(2)11-6-5-10(4)15-12(16)7-9(3)13(15)14(11)15/h8-11,13-14H,5-7H2,1-4H3/t9?,10-,11+,13-,14-,15?/m0/s1. The minimum absolute atomic E-state index is 0.159. The third kappa shape index (κ3) is 1.01. The summed E-state index contributed by atoms with van der Waals surface area (Å²) in [5.74, 6) is 5.05. The molecule has 0 aromatic heterocycles.